The highest BCUT2D eigenvalue weighted by atomic mass is 16.4. The van der Waals surface area contributed by atoms with E-state index in [1.165, 1.54) is 4.90 Å². The van der Waals surface area contributed by atoms with Crippen LogP contribution in [0.15, 0.2) is 0 Å². The van der Waals surface area contributed by atoms with Gasteiger partial charge in [0.2, 0.25) is 5.91 Å². The highest BCUT2D eigenvalue weighted by Crippen LogP contribution is 2.12. The van der Waals surface area contributed by atoms with Gasteiger partial charge in [0.25, 0.3) is 0 Å². The maximum atomic E-state index is 12.1. The largest absolute Gasteiger partial charge is 0.480 e. The Balaban J connectivity index is 4.23. The second-order valence-electron chi connectivity index (χ2n) is 4.96. The van der Waals surface area contributed by atoms with E-state index >= 15 is 0 Å². The zero-order valence-electron chi connectivity index (χ0n) is 11.7. The highest BCUT2D eigenvalue weighted by molar-refractivity contribution is 5.82. The SMILES string of the molecule is CCCN(CC(=O)O)C(=O)C(C)CCCC(C)N. The van der Waals surface area contributed by atoms with E-state index in [0.29, 0.717) is 6.54 Å². The van der Waals surface area contributed by atoms with Crippen LogP contribution in [0.25, 0.3) is 0 Å². The summed E-state index contributed by atoms with van der Waals surface area (Å²) in [5, 5.41) is 8.78. The van der Waals surface area contributed by atoms with Crippen LogP contribution in [0.4, 0.5) is 0 Å². The lowest BCUT2D eigenvalue weighted by molar-refractivity contribution is -0.146. The van der Waals surface area contributed by atoms with Crippen molar-refractivity contribution < 1.29 is 14.7 Å². The van der Waals surface area contributed by atoms with Crippen LogP contribution in [0.1, 0.15) is 46.5 Å². The molecule has 106 valence electrons. The molecular formula is C13H26N2O3. The Labute approximate surface area is 109 Å². The molecule has 5 nitrogen and oxygen atoms in total. The normalized spacial score (nSPS) is 14.0. The van der Waals surface area contributed by atoms with Crippen LogP contribution in [0.3, 0.4) is 0 Å². The second-order valence-corrected chi connectivity index (χ2v) is 4.96. The fourth-order valence-electron chi connectivity index (χ4n) is 1.88. The average Bonchev–Trinajstić information content (AvgIpc) is 2.26. The van der Waals surface area contributed by atoms with Gasteiger partial charge in [0.1, 0.15) is 6.54 Å². The van der Waals surface area contributed by atoms with Gasteiger partial charge in [0.15, 0.2) is 0 Å². The molecule has 2 unspecified atom stereocenters. The summed E-state index contributed by atoms with van der Waals surface area (Å²) in [7, 11) is 0. The molecule has 2 atom stereocenters. The van der Waals surface area contributed by atoms with Crippen molar-refractivity contribution in [1.29, 1.82) is 0 Å². The number of nitrogens with zero attached hydrogens (tertiary/aromatic N) is 1. The first kappa shape index (κ1) is 16.9. The predicted molar refractivity (Wildman–Crippen MR) is 71.2 cm³/mol. The zero-order valence-corrected chi connectivity index (χ0v) is 11.7. The molecule has 0 radical (unpaired) electrons. The Morgan fingerprint density at radius 3 is 2.33 bits per heavy atom. The molecule has 0 aliphatic rings. The molecule has 0 heterocycles. The number of rotatable bonds is 9. The molecule has 1 amide bonds. The van der Waals surface area contributed by atoms with E-state index in [2.05, 4.69) is 0 Å². The Kier molecular flexibility index (Phi) is 8.37. The minimum absolute atomic E-state index is 0.0658. The summed E-state index contributed by atoms with van der Waals surface area (Å²) in [4.78, 5) is 24.2. The summed E-state index contributed by atoms with van der Waals surface area (Å²) in [5.41, 5.74) is 5.66. The van der Waals surface area contributed by atoms with Gasteiger partial charge in [-0.15, -0.1) is 0 Å². The topological polar surface area (TPSA) is 83.6 Å². The minimum Gasteiger partial charge on any atom is -0.480 e. The standard InChI is InChI=1S/C13H26N2O3/c1-4-8-15(9-12(16)17)13(18)10(2)6-5-7-11(3)14/h10-11H,4-9,14H2,1-3H3,(H,16,17). The smallest absolute Gasteiger partial charge is 0.323 e. The Morgan fingerprint density at radius 1 is 1.28 bits per heavy atom. The van der Waals surface area contributed by atoms with E-state index in [0.717, 1.165) is 25.7 Å². The zero-order chi connectivity index (χ0) is 14.1. The van der Waals surface area contributed by atoms with Crippen molar-refractivity contribution in [1.82, 2.24) is 4.90 Å². The van der Waals surface area contributed by atoms with Gasteiger partial charge >= 0.3 is 5.97 Å². The second kappa shape index (κ2) is 8.91. The monoisotopic (exact) mass is 258 g/mol. The van der Waals surface area contributed by atoms with Gasteiger partial charge in [-0.2, -0.15) is 0 Å². The first-order valence-electron chi connectivity index (χ1n) is 6.64. The molecule has 0 rings (SSSR count). The van der Waals surface area contributed by atoms with Gasteiger partial charge in [-0.25, -0.2) is 0 Å². The lowest BCUT2D eigenvalue weighted by atomic mass is 10.0. The molecule has 0 aromatic rings. The van der Waals surface area contributed by atoms with Gasteiger partial charge < -0.3 is 15.7 Å². The van der Waals surface area contributed by atoms with Crippen LogP contribution < -0.4 is 5.73 Å². The number of carbonyl (C=O) groups excluding carboxylic acids is 1. The lowest BCUT2D eigenvalue weighted by Gasteiger charge is -2.23. The number of carboxylic acid groups (broad SMARTS) is 1. The number of nitrogens with two attached hydrogens (primary N) is 1. The Bertz CT molecular complexity index is 267. The number of carbonyl (C=O) groups is 2. The van der Waals surface area contributed by atoms with Crippen molar-refractivity contribution in [2.75, 3.05) is 13.1 Å². The number of amides is 1. The molecule has 0 saturated heterocycles. The minimum atomic E-state index is -0.959. The summed E-state index contributed by atoms with van der Waals surface area (Å²) in [6.07, 6.45) is 3.33. The van der Waals surface area contributed by atoms with Gasteiger partial charge in [-0.3, -0.25) is 9.59 Å². The Hall–Kier alpha value is -1.10. The molecule has 0 aliphatic heterocycles. The van der Waals surface area contributed by atoms with E-state index in [1.807, 2.05) is 20.8 Å². The van der Waals surface area contributed by atoms with Gasteiger partial charge in [-0.1, -0.05) is 20.3 Å². The van der Waals surface area contributed by atoms with Crippen molar-refractivity contribution in [3.8, 4) is 0 Å². The summed E-state index contributed by atoms with van der Waals surface area (Å²) in [6.45, 7) is 6.03. The number of carboxylic acids is 1. The van der Waals surface area contributed by atoms with Gasteiger partial charge in [0, 0.05) is 18.5 Å². The van der Waals surface area contributed by atoms with E-state index < -0.39 is 5.97 Å². The summed E-state index contributed by atoms with van der Waals surface area (Å²) in [6, 6.07) is 0.151. The molecule has 5 heteroatoms. The molecule has 0 saturated carbocycles. The van der Waals surface area contributed by atoms with Crippen molar-refractivity contribution in [2.45, 2.75) is 52.5 Å². The van der Waals surface area contributed by atoms with Crippen molar-refractivity contribution in [3.05, 3.63) is 0 Å². The summed E-state index contributed by atoms with van der Waals surface area (Å²) in [5.74, 6) is -1.15. The van der Waals surface area contributed by atoms with E-state index in [9.17, 15) is 9.59 Å². The fraction of sp³-hybridized carbons (Fsp3) is 0.846. The van der Waals surface area contributed by atoms with Crippen LogP contribution in [0.5, 0.6) is 0 Å². The van der Waals surface area contributed by atoms with Crippen molar-refractivity contribution in [3.63, 3.8) is 0 Å². The van der Waals surface area contributed by atoms with Crippen molar-refractivity contribution >= 4 is 11.9 Å². The molecule has 0 aromatic carbocycles. The van der Waals surface area contributed by atoms with Crippen LogP contribution in [-0.2, 0) is 9.59 Å². The quantitative estimate of drug-likeness (QED) is 0.656. The third-order valence-corrected chi connectivity index (χ3v) is 2.85. The molecular weight excluding hydrogens is 232 g/mol. The molecule has 18 heavy (non-hydrogen) atoms. The third-order valence-electron chi connectivity index (χ3n) is 2.85. The first-order chi connectivity index (χ1) is 8.38. The summed E-state index contributed by atoms with van der Waals surface area (Å²) >= 11 is 0. The van der Waals surface area contributed by atoms with Crippen LogP contribution in [-0.4, -0.2) is 41.0 Å². The molecule has 3 N–H and O–H groups in total. The maximum Gasteiger partial charge on any atom is 0.323 e. The van der Waals surface area contributed by atoms with Crippen LogP contribution in [0.2, 0.25) is 0 Å². The van der Waals surface area contributed by atoms with Gasteiger partial charge in [0.05, 0.1) is 0 Å². The number of aliphatic carboxylic acids is 1. The molecule has 0 aromatic heterocycles. The van der Waals surface area contributed by atoms with E-state index in [4.69, 9.17) is 10.8 Å². The molecule has 0 bridgehead atoms. The van der Waals surface area contributed by atoms with Crippen LogP contribution >= 0.6 is 0 Å². The molecule has 0 spiro atoms. The summed E-state index contributed by atoms with van der Waals surface area (Å²) < 4.78 is 0. The van der Waals surface area contributed by atoms with E-state index in [1.54, 1.807) is 0 Å². The Morgan fingerprint density at radius 2 is 1.89 bits per heavy atom. The molecule has 0 fully saturated rings. The average molecular weight is 258 g/mol. The predicted octanol–water partition coefficient (Wildman–Crippen LogP) is 1.46. The van der Waals surface area contributed by atoms with Crippen molar-refractivity contribution in [2.24, 2.45) is 11.7 Å². The molecule has 0 aliphatic carbocycles. The van der Waals surface area contributed by atoms with Gasteiger partial charge in [-0.05, 0) is 26.2 Å². The maximum absolute atomic E-state index is 12.1. The van der Waals surface area contributed by atoms with Crippen LogP contribution in [0, 0.1) is 5.92 Å². The van der Waals surface area contributed by atoms with E-state index in [-0.39, 0.29) is 24.4 Å². The first-order valence-corrected chi connectivity index (χ1v) is 6.64. The number of hydrogen-bond acceptors (Lipinski definition) is 3. The number of hydrogen-bond donors (Lipinski definition) is 2. The third kappa shape index (κ3) is 7.27. The fourth-order valence-corrected chi connectivity index (χ4v) is 1.88. The lowest BCUT2D eigenvalue weighted by Crippen LogP contribution is -2.39. The highest BCUT2D eigenvalue weighted by Gasteiger charge is 2.21.